The fourth-order valence-corrected chi connectivity index (χ4v) is 3.54. The summed E-state index contributed by atoms with van der Waals surface area (Å²) in [6.45, 7) is 3.28. The molecule has 3 heterocycles. The molecule has 0 saturated heterocycles. The van der Waals surface area contributed by atoms with Crippen LogP contribution in [0.3, 0.4) is 0 Å². The van der Waals surface area contributed by atoms with E-state index in [9.17, 15) is 0 Å². The predicted octanol–water partition coefficient (Wildman–Crippen LogP) is 2.29. The summed E-state index contributed by atoms with van der Waals surface area (Å²) in [6.07, 6.45) is 3.63. The Bertz CT molecular complexity index is 729. The van der Waals surface area contributed by atoms with E-state index in [2.05, 4.69) is 47.1 Å². The van der Waals surface area contributed by atoms with E-state index in [1.54, 1.807) is 7.11 Å². The fourth-order valence-electron chi connectivity index (χ4n) is 3.54. The summed E-state index contributed by atoms with van der Waals surface area (Å²) in [4.78, 5) is 2.44. The number of aryl methyl sites for hydroxylation is 1. The molecule has 0 bridgehead atoms. The first-order chi connectivity index (χ1) is 9.70. The highest BCUT2D eigenvalue weighted by Crippen LogP contribution is 2.39. The number of hydrogen-bond acceptors (Lipinski definition) is 3. The van der Waals surface area contributed by atoms with Crippen LogP contribution in [0.25, 0.3) is 16.6 Å². The summed E-state index contributed by atoms with van der Waals surface area (Å²) in [5.41, 5.74) is 5.38. The van der Waals surface area contributed by atoms with Crippen molar-refractivity contribution in [3.63, 3.8) is 0 Å². The standard InChI is InChI=1S/C16H19N3O/c1-10-17-9-15-16-12(6-7-19(10)15)13-8-11(20-3)4-5-14(13)18(16)2/h4-5,8-10,17H,6-7H2,1-3H3. The fraction of sp³-hybridized carbons (Fsp3) is 0.375. The molecule has 1 atom stereocenters. The van der Waals surface area contributed by atoms with Gasteiger partial charge in [-0.05, 0) is 37.1 Å². The molecule has 0 spiro atoms. The van der Waals surface area contributed by atoms with Gasteiger partial charge in [-0.25, -0.2) is 0 Å². The molecule has 4 heteroatoms. The average Bonchev–Trinajstić information content (AvgIpc) is 2.98. The van der Waals surface area contributed by atoms with Gasteiger partial charge in [0.25, 0.3) is 0 Å². The molecule has 0 fully saturated rings. The van der Waals surface area contributed by atoms with E-state index in [4.69, 9.17) is 4.74 Å². The monoisotopic (exact) mass is 269 g/mol. The number of fused-ring (bicyclic) bond motifs is 5. The van der Waals surface area contributed by atoms with Crippen molar-refractivity contribution in [2.24, 2.45) is 7.05 Å². The second kappa shape index (κ2) is 3.95. The van der Waals surface area contributed by atoms with Crippen LogP contribution in [-0.2, 0) is 13.5 Å². The Labute approximate surface area is 118 Å². The third kappa shape index (κ3) is 1.36. The zero-order valence-electron chi connectivity index (χ0n) is 12.1. The number of benzene rings is 1. The van der Waals surface area contributed by atoms with Gasteiger partial charge in [-0.2, -0.15) is 0 Å². The summed E-state index contributed by atoms with van der Waals surface area (Å²) in [5.74, 6) is 0.931. The van der Waals surface area contributed by atoms with Crippen molar-refractivity contribution < 1.29 is 4.74 Å². The maximum absolute atomic E-state index is 5.38. The summed E-state index contributed by atoms with van der Waals surface area (Å²) >= 11 is 0. The summed E-state index contributed by atoms with van der Waals surface area (Å²) in [5, 5.41) is 4.74. The van der Waals surface area contributed by atoms with Crippen LogP contribution in [0.1, 0.15) is 18.2 Å². The van der Waals surface area contributed by atoms with Crippen molar-refractivity contribution in [3.8, 4) is 5.75 Å². The first-order valence-electron chi connectivity index (χ1n) is 7.09. The van der Waals surface area contributed by atoms with Gasteiger partial charge in [-0.3, -0.25) is 0 Å². The number of ether oxygens (including phenoxy) is 1. The second-order valence-corrected chi connectivity index (χ2v) is 5.58. The second-order valence-electron chi connectivity index (χ2n) is 5.58. The molecule has 2 aliphatic rings. The van der Waals surface area contributed by atoms with Gasteiger partial charge in [0, 0.05) is 30.7 Å². The van der Waals surface area contributed by atoms with Crippen LogP contribution < -0.4 is 10.1 Å². The molecule has 2 aliphatic heterocycles. The minimum Gasteiger partial charge on any atom is -0.497 e. The molecule has 104 valence electrons. The van der Waals surface area contributed by atoms with Crippen LogP contribution in [0.5, 0.6) is 5.75 Å². The third-order valence-electron chi connectivity index (χ3n) is 4.59. The van der Waals surface area contributed by atoms with Crippen LogP contribution in [-0.4, -0.2) is 29.3 Å². The van der Waals surface area contributed by atoms with Crippen molar-refractivity contribution in [1.29, 1.82) is 0 Å². The highest BCUT2D eigenvalue weighted by Gasteiger charge is 2.32. The molecule has 2 aromatic rings. The molecule has 20 heavy (non-hydrogen) atoms. The lowest BCUT2D eigenvalue weighted by Gasteiger charge is -2.31. The smallest absolute Gasteiger partial charge is 0.119 e. The van der Waals surface area contributed by atoms with E-state index in [1.807, 2.05) is 6.07 Å². The molecule has 4 rings (SSSR count). The summed E-state index contributed by atoms with van der Waals surface area (Å²) in [7, 11) is 3.88. The molecule has 0 amide bonds. The zero-order chi connectivity index (χ0) is 13.9. The van der Waals surface area contributed by atoms with Crippen molar-refractivity contribution in [2.75, 3.05) is 13.7 Å². The maximum atomic E-state index is 5.38. The Morgan fingerprint density at radius 2 is 2.20 bits per heavy atom. The molecule has 0 saturated carbocycles. The largest absolute Gasteiger partial charge is 0.497 e. The lowest BCUT2D eigenvalue weighted by molar-refractivity contribution is 0.307. The van der Waals surface area contributed by atoms with Crippen LogP contribution >= 0.6 is 0 Å². The molecular weight excluding hydrogens is 250 g/mol. The zero-order valence-corrected chi connectivity index (χ0v) is 12.1. The minimum atomic E-state index is 0.394. The third-order valence-corrected chi connectivity index (χ3v) is 4.59. The van der Waals surface area contributed by atoms with E-state index >= 15 is 0 Å². The van der Waals surface area contributed by atoms with Crippen molar-refractivity contribution in [1.82, 2.24) is 14.8 Å². The quantitative estimate of drug-likeness (QED) is 0.861. The predicted molar refractivity (Wildman–Crippen MR) is 80.5 cm³/mol. The van der Waals surface area contributed by atoms with Crippen molar-refractivity contribution in [2.45, 2.75) is 19.5 Å². The Balaban J connectivity index is 1.99. The molecule has 1 N–H and O–H groups in total. The SMILES string of the molecule is COc1ccc2c(c1)c1c(n2C)C2=CNC(C)N2CC1. The van der Waals surface area contributed by atoms with Crippen LogP contribution in [0, 0.1) is 0 Å². The Morgan fingerprint density at radius 1 is 1.35 bits per heavy atom. The van der Waals surface area contributed by atoms with Gasteiger partial charge in [0.15, 0.2) is 0 Å². The van der Waals surface area contributed by atoms with E-state index in [-0.39, 0.29) is 0 Å². The van der Waals surface area contributed by atoms with Crippen LogP contribution in [0.4, 0.5) is 0 Å². The summed E-state index contributed by atoms with van der Waals surface area (Å²) < 4.78 is 7.69. The number of aromatic nitrogens is 1. The van der Waals surface area contributed by atoms with Crippen molar-refractivity contribution >= 4 is 16.6 Å². The van der Waals surface area contributed by atoms with Gasteiger partial charge in [0.05, 0.1) is 24.7 Å². The Hall–Kier alpha value is -2.10. The topological polar surface area (TPSA) is 29.4 Å². The highest BCUT2D eigenvalue weighted by atomic mass is 16.5. The normalized spacial score (nSPS) is 20.4. The van der Waals surface area contributed by atoms with Crippen LogP contribution in [0.15, 0.2) is 24.4 Å². The first-order valence-corrected chi connectivity index (χ1v) is 7.09. The first kappa shape index (κ1) is 11.7. The molecule has 1 aromatic carbocycles. The molecule has 0 aliphatic carbocycles. The van der Waals surface area contributed by atoms with Gasteiger partial charge in [-0.1, -0.05) is 0 Å². The number of nitrogens with zero attached hydrogens (tertiary/aromatic N) is 2. The van der Waals surface area contributed by atoms with Crippen LogP contribution in [0.2, 0.25) is 0 Å². The summed E-state index contributed by atoms with van der Waals surface area (Å²) in [6, 6.07) is 6.36. The van der Waals surface area contributed by atoms with E-state index in [0.29, 0.717) is 6.17 Å². The van der Waals surface area contributed by atoms with Crippen molar-refractivity contribution in [3.05, 3.63) is 35.7 Å². The Morgan fingerprint density at radius 3 is 3.00 bits per heavy atom. The van der Waals surface area contributed by atoms with E-state index in [1.165, 1.54) is 27.9 Å². The minimum absolute atomic E-state index is 0.394. The molecule has 1 unspecified atom stereocenters. The number of methoxy groups -OCH3 is 1. The van der Waals surface area contributed by atoms with Gasteiger partial charge in [0.2, 0.25) is 0 Å². The van der Waals surface area contributed by atoms with Gasteiger partial charge >= 0.3 is 0 Å². The lowest BCUT2D eigenvalue weighted by Crippen LogP contribution is -2.37. The number of nitrogens with one attached hydrogen (secondary N) is 1. The number of hydrogen-bond donors (Lipinski definition) is 1. The van der Waals surface area contributed by atoms with Gasteiger partial charge < -0.3 is 19.5 Å². The molecule has 1 aromatic heterocycles. The average molecular weight is 269 g/mol. The maximum Gasteiger partial charge on any atom is 0.119 e. The molecule has 0 radical (unpaired) electrons. The highest BCUT2D eigenvalue weighted by molar-refractivity contribution is 5.92. The number of rotatable bonds is 1. The molecular formula is C16H19N3O. The van der Waals surface area contributed by atoms with Gasteiger partial charge in [-0.15, -0.1) is 0 Å². The van der Waals surface area contributed by atoms with E-state index in [0.717, 1.165) is 18.7 Å². The Kier molecular flexibility index (Phi) is 2.31. The van der Waals surface area contributed by atoms with E-state index < -0.39 is 0 Å². The molecule has 4 nitrogen and oxygen atoms in total. The van der Waals surface area contributed by atoms with Gasteiger partial charge in [0.1, 0.15) is 5.75 Å². The lowest BCUT2D eigenvalue weighted by atomic mass is 10.0.